The molecule has 0 bridgehead atoms. The zero-order valence-electron chi connectivity index (χ0n) is 20.5. The first-order valence-corrected chi connectivity index (χ1v) is 12.9. The van der Waals surface area contributed by atoms with Crippen LogP contribution in [-0.4, -0.2) is 65.2 Å². The molecule has 0 N–H and O–H groups in total. The quantitative estimate of drug-likeness (QED) is 0.305. The van der Waals surface area contributed by atoms with Gasteiger partial charge in [0.25, 0.3) is 0 Å². The third-order valence-electron chi connectivity index (χ3n) is 7.12. The van der Waals surface area contributed by atoms with Gasteiger partial charge < -0.3 is 4.90 Å². The predicted octanol–water partition coefficient (Wildman–Crippen LogP) is 4.49. The van der Waals surface area contributed by atoms with Gasteiger partial charge in [0.05, 0.1) is 18.1 Å². The summed E-state index contributed by atoms with van der Waals surface area (Å²) >= 11 is 12.1. The van der Waals surface area contributed by atoms with E-state index >= 15 is 0 Å². The molecule has 2 aromatic heterocycles. The molecule has 1 aliphatic heterocycles. The highest BCUT2D eigenvalue weighted by molar-refractivity contribution is 6.50. The molecule has 3 heterocycles. The van der Waals surface area contributed by atoms with E-state index in [2.05, 4.69) is 15.1 Å². The number of fused-ring (bicyclic) bond motifs is 1. The fourth-order valence-corrected chi connectivity index (χ4v) is 5.52. The van der Waals surface area contributed by atoms with Crippen molar-refractivity contribution in [1.29, 1.82) is 0 Å². The molecular formula is C26H26Cl2FN5O3. The van der Waals surface area contributed by atoms with Crippen molar-refractivity contribution in [2.45, 2.75) is 62.6 Å². The second-order valence-corrected chi connectivity index (χ2v) is 11.4. The van der Waals surface area contributed by atoms with Crippen LogP contribution in [0.4, 0.5) is 4.39 Å². The summed E-state index contributed by atoms with van der Waals surface area (Å²) in [4.78, 5) is 48.3. The molecule has 11 heteroatoms. The van der Waals surface area contributed by atoms with Gasteiger partial charge >= 0.3 is 0 Å². The van der Waals surface area contributed by atoms with Crippen LogP contribution in [0.5, 0.6) is 0 Å². The van der Waals surface area contributed by atoms with Crippen molar-refractivity contribution in [3.63, 3.8) is 0 Å². The van der Waals surface area contributed by atoms with Crippen molar-refractivity contribution in [3.05, 3.63) is 42.1 Å². The topological polar surface area (TPSA) is 98.1 Å². The molecule has 0 radical (unpaired) electrons. The number of aromatic nitrogens is 4. The van der Waals surface area contributed by atoms with Crippen LogP contribution in [0.15, 0.2) is 30.6 Å². The summed E-state index contributed by atoms with van der Waals surface area (Å²) in [6.45, 7) is 2.84. The lowest BCUT2D eigenvalue weighted by Crippen LogP contribution is -2.42. The lowest BCUT2D eigenvalue weighted by Gasteiger charge is -2.23. The molecule has 37 heavy (non-hydrogen) atoms. The van der Waals surface area contributed by atoms with Gasteiger partial charge in [-0.25, -0.2) is 14.4 Å². The number of ketones is 2. The van der Waals surface area contributed by atoms with Crippen molar-refractivity contribution < 1.29 is 18.8 Å². The number of aryl methyl sites for hydroxylation is 1. The molecule has 1 saturated heterocycles. The summed E-state index contributed by atoms with van der Waals surface area (Å²) in [6, 6.07) is 4.61. The number of hydrogen-bond donors (Lipinski definition) is 0. The van der Waals surface area contributed by atoms with Crippen LogP contribution in [0.3, 0.4) is 0 Å². The summed E-state index contributed by atoms with van der Waals surface area (Å²) < 4.78 is 15.0. The lowest BCUT2D eigenvalue weighted by atomic mass is 10.0. The van der Waals surface area contributed by atoms with Crippen molar-refractivity contribution in [2.24, 2.45) is 5.92 Å². The second-order valence-electron chi connectivity index (χ2n) is 9.88. The minimum Gasteiger partial charge on any atom is -0.328 e. The molecule has 1 amide bonds. The Balaban J connectivity index is 1.37. The van der Waals surface area contributed by atoms with Crippen LogP contribution in [0.25, 0.3) is 22.0 Å². The molecule has 1 unspecified atom stereocenters. The Hall–Kier alpha value is -2.91. The molecular weight excluding hydrogens is 520 g/mol. The monoisotopic (exact) mass is 545 g/mol. The Morgan fingerprint density at radius 1 is 1.16 bits per heavy atom. The fraction of sp³-hybridized carbons (Fsp3) is 0.462. The van der Waals surface area contributed by atoms with Gasteiger partial charge in [-0.2, -0.15) is 5.10 Å². The minimum atomic E-state index is -1.28. The first kappa shape index (κ1) is 25.7. The molecule has 1 aliphatic carbocycles. The highest BCUT2D eigenvalue weighted by Crippen LogP contribution is 2.55. The Labute approximate surface area is 223 Å². The number of hydrogen-bond acceptors (Lipinski definition) is 6. The van der Waals surface area contributed by atoms with E-state index in [9.17, 15) is 18.8 Å². The number of benzene rings is 1. The first-order valence-electron chi connectivity index (χ1n) is 12.2. The van der Waals surface area contributed by atoms with Crippen molar-refractivity contribution in [2.75, 3.05) is 6.54 Å². The molecule has 2 aliphatic rings. The van der Waals surface area contributed by atoms with E-state index in [1.165, 1.54) is 16.5 Å². The smallest absolute Gasteiger partial charge is 0.245 e. The molecule has 1 aromatic carbocycles. The van der Waals surface area contributed by atoms with Gasteiger partial charge in [0.15, 0.2) is 11.6 Å². The van der Waals surface area contributed by atoms with E-state index in [1.807, 2.05) is 12.1 Å². The standard InChI is InChI=1S/C26H26Cl2FN5O3/c1-14(35)25-20-7-16(17-10-30-15(2)31-11-17)3-5-21(20)34(32-25)13-24(37)33-12-19(29)8-22(33)23(36)6-4-18-9-26(18,27)28/h3,5,7,10-11,18-19,22H,4,6,8-9,12-13H2,1-2H3/t18?,19-,22+/m1/s1. The summed E-state index contributed by atoms with van der Waals surface area (Å²) in [6.07, 6.45) is 3.44. The van der Waals surface area contributed by atoms with Gasteiger partial charge in [-0.3, -0.25) is 19.1 Å². The van der Waals surface area contributed by atoms with Gasteiger partial charge in [-0.05, 0) is 43.4 Å². The van der Waals surface area contributed by atoms with Crippen LogP contribution in [0, 0.1) is 12.8 Å². The van der Waals surface area contributed by atoms with Crippen LogP contribution in [0.2, 0.25) is 0 Å². The highest BCUT2D eigenvalue weighted by Gasteiger charge is 2.51. The largest absolute Gasteiger partial charge is 0.328 e. The van der Waals surface area contributed by atoms with Gasteiger partial charge in [0.2, 0.25) is 5.91 Å². The maximum atomic E-state index is 14.3. The minimum absolute atomic E-state index is 0.0251. The van der Waals surface area contributed by atoms with E-state index in [1.54, 1.807) is 25.4 Å². The number of carbonyl (C=O) groups excluding carboxylic acids is 3. The van der Waals surface area contributed by atoms with Crippen LogP contribution in [-0.2, 0) is 16.1 Å². The Morgan fingerprint density at radius 2 is 1.86 bits per heavy atom. The maximum Gasteiger partial charge on any atom is 0.245 e. The summed E-state index contributed by atoms with van der Waals surface area (Å²) in [7, 11) is 0. The van der Waals surface area contributed by atoms with Crippen molar-refractivity contribution >= 4 is 51.6 Å². The third kappa shape index (κ3) is 5.25. The SMILES string of the molecule is CC(=O)c1nn(CC(=O)N2C[C@H](F)C[C@H]2C(=O)CCC2CC2(Cl)Cl)c2ccc(-c3cnc(C)nc3)cc12. The molecule has 1 saturated carbocycles. The Bertz CT molecular complexity index is 1390. The number of alkyl halides is 3. The average Bonchev–Trinajstić information content (AvgIpc) is 3.15. The zero-order chi connectivity index (χ0) is 26.5. The second kappa shape index (κ2) is 9.76. The van der Waals surface area contributed by atoms with Crippen LogP contribution in [0.1, 0.15) is 48.9 Å². The predicted molar refractivity (Wildman–Crippen MR) is 137 cm³/mol. The first-order chi connectivity index (χ1) is 17.5. The number of Topliss-reactive ketones (excluding diaryl/α,β-unsaturated/α-hetero) is 2. The molecule has 5 rings (SSSR count). The average molecular weight is 546 g/mol. The number of carbonyl (C=O) groups is 3. The number of rotatable bonds is 8. The van der Waals surface area contributed by atoms with Crippen molar-refractivity contribution in [1.82, 2.24) is 24.6 Å². The summed E-state index contributed by atoms with van der Waals surface area (Å²) in [5.41, 5.74) is 2.40. The molecule has 2 fully saturated rings. The Morgan fingerprint density at radius 3 is 2.51 bits per heavy atom. The van der Waals surface area contributed by atoms with Gasteiger partial charge in [0.1, 0.15) is 28.6 Å². The highest BCUT2D eigenvalue weighted by atomic mass is 35.5. The number of amides is 1. The van der Waals surface area contributed by atoms with E-state index < -0.39 is 22.5 Å². The van der Waals surface area contributed by atoms with Crippen LogP contribution >= 0.6 is 23.2 Å². The van der Waals surface area contributed by atoms with Gasteiger partial charge in [-0.15, -0.1) is 23.2 Å². The van der Waals surface area contributed by atoms with E-state index in [0.29, 0.717) is 29.6 Å². The van der Waals surface area contributed by atoms with Gasteiger partial charge in [-0.1, -0.05) is 6.07 Å². The van der Waals surface area contributed by atoms with Crippen molar-refractivity contribution in [3.8, 4) is 11.1 Å². The number of likely N-dealkylation sites (tertiary alicyclic amines) is 1. The van der Waals surface area contributed by atoms with Crippen LogP contribution < -0.4 is 0 Å². The fourth-order valence-electron chi connectivity index (χ4n) is 4.93. The van der Waals surface area contributed by atoms with E-state index in [0.717, 1.165) is 11.1 Å². The lowest BCUT2D eigenvalue weighted by molar-refractivity contribution is -0.138. The zero-order valence-corrected chi connectivity index (χ0v) is 22.0. The molecule has 3 atom stereocenters. The van der Waals surface area contributed by atoms with Gasteiger partial charge in [0, 0.05) is 43.1 Å². The number of nitrogens with zero attached hydrogens (tertiary/aromatic N) is 5. The Kier molecular flexibility index (Phi) is 6.79. The number of halogens is 3. The molecule has 8 nitrogen and oxygen atoms in total. The maximum absolute atomic E-state index is 14.3. The third-order valence-corrected chi connectivity index (χ3v) is 8.05. The molecule has 194 valence electrons. The molecule has 3 aromatic rings. The summed E-state index contributed by atoms with van der Waals surface area (Å²) in [5, 5.41) is 4.99. The van der Waals surface area contributed by atoms with E-state index in [-0.39, 0.29) is 49.1 Å². The normalized spacial score (nSPS) is 22.4. The van der Waals surface area contributed by atoms with E-state index in [4.69, 9.17) is 23.2 Å². The molecule has 0 spiro atoms. The summed E-state index contributed by atoms with van der Waals surface area (Å²) in [5.74, 6) is -0.174.